The third-order valence-electron chi connectivity index (χ3n) is 5.03. The number of aryl methyl sites for hydroxylation is 1. The largest absolute Gasteiger partial charge is 0.425 e. The van der Waals surface area contributed by atoms with Crippen molar-refractivity contribution in [3.8, 4) is 5.69 Å². The van der Waals surface area contributed by atoms with Gasteiger partial charge in [-0.1, -0.05) is 17.7 Å². The summed E-state index contributed by atoms with van der Waals surface area (Å²) in [6.45, 7) is 1.77. The van der Waals surface area contributed by atoms with Crippen LogP contribution in [0, 0.1) is 12.8 Å². The molecule has 1 saturated carbocycles. The number of halogens is 3. The fourth-order valence-corrected chi connectivity index (χ4v) is 3.35. The van der Waals surface area contributed by atoms with Gasteiger partial charge in [-0.3, -0.25) is 19.4 Å². The molecule has 152 valence electrons. The maximum absolute atomic E-state index is 14.1. The Morgan fingerprint density at radius 1 is 1.17 bits per heavy atom. The van der Waals surface area contributed by atoms with Gasteiger partial charge in [0.15, 0.2) is 0 Å². The number of hydrogen-bond acceptors (Lipinski definition) is 4. The van der Waals surface area contributed by atoms with Crippen LogP contribution in [-0.4, -0.2) is 27.5 Å². The highest BCUT2D eigenvalue weighted by molar-refractivity contribution is 6.08. The molecule has 0 bridgehead atoms. The predicted molar refractivity (Wildman–Crippen MR) is 94.6 cm³/mol. The number of carbonyl (C=O) groups excluding carboxylic acids is 2. The van der Waals surface area contributed by atoms with Crippen molar-refractivity contribution in [2.75, 3.05) is 5.32 Å². The Morgan fingerprint density at radius 2 is 1.79 bits per heavy atom. The Labute approximate surface area is 160 Å². The van der Waals surface area contributed by atoms with Crippen molar-refractivity contribution in [2.45, 2.75) is 31.5 Å². The average Bonchev–Trinajstić information content (AvgIpc) is 3.41. The molecule has 29 heavy (non-hydrogen) atoms. The van der Waals surface area contributed by atoms with Crippen molar-refractivity contribution in [3.63, 3.8) is 0 Å². The summed E-state index contributed by atoms with van der Waals surface area (Å²) in [5.41, 5.74) is -6.11. The number of aromatic amines is 1. The highest BCUT2D eigenvalue weighted by Gasteiger charge is 2.69. The van der Waals surface area contributed by atoms with E-state index in [4.69, 9.17) is 0 Å². The Balaban J connectivity index is 2.00. The predicted octanol–water partition coefficient (Wildman–Crippen LogP) is 1.07. The van der Waals surface area contributed by atoms with Crippen LogP contribution in [0.1, 0.15) is 24.0 Å². The monoisotopic (exact) mass is 408 g/mol. The van der Waals surface area contributed by atoms with Crippen LogP contribution in [0.4, 0.5) is 19.0 Å². The van der Waals surface area contributed by atoms with Gasteiger partial charge >= 0.3 is 11.9 Å². The standard InChI is InChI=1S/C18H15F3N4O4/c1-8-2-6-10(7-3-8)25-12-11(14(27)23-16(25)29)17(15(28)22-12,18(19,20)21)24-13(26)9-4-5-9/h2-3,6-7,9H,4-5H2,1H3,(H,22,28)(H,24,26)(H,23,27,29)/t17-/m1/s1. The van der Waals surface area contributed by atoms with Gasteiger partial charge in [-0.15, -0.1) is 0 Å². The Bertz CT molecular complexity index is 1150. The van der Waals surface area contributed by atoms with Crippen molar-refractivity contribution < 1.29 is 22.8 Å². The first-order valence-electron chi connectivity index (χ1n) is 8.73. The van der Waals surface area contributed by atoms with E-state index >= 15 is 0 Å². The van der Waals surface area contributed by atoms with Crippen molar-refractivity contribution in [1.82, 2.24) is 14.9 Å². The summed E-state index contributed by atoms with van der Waals surface area (Å²) in [5.74, 6) is -3.89. The molecule has 2 heterocycles. The van der Waals surface area contributed by atoms with Gasteiger partial charge in [-0.2, -0.15) is 13.2 Å². The maximum atomic E-state index is 14.1. The first kappa shape index (κ1) is 19.0. The Kier molecular flexibility index (Phi) is 3.97. The molecule has 11 heteroatoms. The lowest BCUT2D eigenvalue weighted by Crippen LogP contribution is -2.62. The topological polar surface area (TPSA) is 113 Å². The molecule has 1 atom stereocenters. The molecule has 1 aliphatic carbocycles. The lowest BCUT2D eigenvalue weighted by Gasteiger charge is -2.30. The van der Waals surface area contributed by atoms with Crippen molar-refractivity contribution in [2.24, 2.45) is 5.92 Å². The minimum absolute atomic E-state index is 0.139. The van der Waals surface area contributed by atoms with Gasteiger partial charge in [-0.05, 0) is 31.9 Å². The van der Waals surface area contributed by atoms with Crippen LogP contribution in [0.15, 0.2) is 33.9 Å². The molecular weight excluding hydrogens is 393 g/mol. The van der Waals surface area contributed by atoms with Crippen LogP contribution in [0.3, 0.4) is 0 Å². The number of anilines is 1. The second-order valence-electron chi connectivity index (χ2n) is 7.12. The number of aromatic nitrogens is 2. The van der Waals surface area contributed by atoms with Gasteiger partial charge in [0.25, 0.3) is 11.5 Å². The quantitative estimate of drug-likeness (QED) is 0.705. The number of alkyl halides is 3. The van der Waals surface area contributed by atoms with Gasteiger partial charge in [0.1, 0.15) is 11.4 Å². The third-order valence-corrected chi connectivity index (χ3v) is 5.03. The minimum Gasteiger partial charge on any atom is -0.330 e. The van der Waals surface area contributed by atoms with Gasteiger partial charge in [0.05, 0.1) is 5.69 Å². The molecule has 0 unspecified atom stereocenters. The molecular formula is C18H15F3N4O4. The number of benzene rings is 1. The van der Waals surface area contributed by atoms with Crippen LogP contribution in [0.5, 0.6) is 0 Å². The summed E-state index contributed by atoms with van der Waals surface area (Å²) in [5, 5.41) is 3.73. The minimum atomic E-state index is -5.32. The maximum Gasteiger partial charge on any atom is 0.425 e. The zero-order valence-corrected chi connectivity index (χ0v) is 15.0. The molecule has 0 spiro atoms. The van der Waals surface area contributed by atoms with Gasteiger partial charge < -0.3 is 10.6 Å². The summed E-state index contributed by atoms with van der Waals surface area (Å²) in [4.78, 5) is 51.4. The fourth-order valence-electron chi connectivity index (χ4n) is 3.35. The van der Waals surface area contributed by atoms with E-state index in [1.54, 1.807) is 24.4 Å². The first-order chi connectivity index (χ1) is 13.6. The van der Waals surface area contributed by atoms with E-state index in [0.29, 0.717) is 12.8 Å². The van der Waals surface area contributed by atoms with Gasteiger partial charge in [0.2, 0.25) is 11.4 Å². The highest BCUT2D eigenvalue weighted by atomic mass is 19.4. The van der Waals surface area contributed by atoms with Crippen LogP contribution >= 0.6 is 0 Å². The number of fused-ring (bicyclic) bond motifs is 1. The summed E-state index contributed by atoms with van der Waals surface area (Å²) in [7, 11) is 0. The molecule has 1 aliphatic heterocycles. The molecule has 3 N–H and O–H groups in total. The Hall–Kier alpha value is -3.37. The molecule has 1 fully saturated rings. The van der Waals surface area contributed by atoms with E-state index in [-0.39, 0.29) is 5.69 Å². The molecule has 0 saturated heterocycles. The number of nitrogens with one attached hydrogen (secondary N) is 3. The first-order valence-corrected chi connectivity index (χ1v) is 8.73. The molecule has 1 aromatic carbocycles. The summed E-state index contributed by atoms with van der Waals surface area (Å²) in [6, 6.07) is 6.14. The van der Waals surface area contributed by atoms with Crippen molar-refractivity contribution in [3.05, 3.63) is 56.2 Å². The normalized spacial score (nSPS) is 20.9. The van der Waals surface area contributed by atoms with E-state index < -0.39 is 52.1 Å². The third kappa shape index (κ3) is 2.76. The van der Waals surface area contributed by atoms with Crippen LogP contribution in [0.25, 0.3) is 5.69 Å². The smallest absolute Gasteiger partial charge is 0.330 e. The number of nitrogens with zero attached hydrogens (tertiary/aromatic N) is 1. The molecule has 1 aromatic heterocycles. The van der Waals surface area contributed by atoms with E-state index in [1.807, 2.05) is 10.3 Å². The summed E-state index contributed by atoms with van der Waals surface area (Å²) >= 11 is 0. The highest BCUT2D eigenvalue weighted by Crippen LogP contribution is 2.46. The molecule has 2 aromatic rings. The van der Waals surface area contributed by atoms with Crippen LogP contribution < -0.4 is 21.9 Å². The lowest BCUT2D eigenvalue weighted by atomic mass is 9.91. The lowest BCUT2D eigenvalue weighted by molar-refractivity contribution is -0.201. The fraction of sp³-hybridized carbons (Fsp3) is 0.333. The zero-order chi connectivity index (χ0) is 21.1. The summed E-state index contributed by atoms with van der Waals surface area (Å²) < 4.78 is 43.2. The van der Waals surface area contributed by atoms with Crippen LogP contribution in [-0.2, 0) is 15.1 Å². The number of amides is 2. The second kappa shape index (κ2) is 6.06. The van der Waals surface area contributed by atoms with E-state index in [1.165, 1.54) is 12.1 Å². The number of hydrogen-bond donors (Lipinski definition) is 3. The molecule has 8 nitrogen and oxygen atoms in total. The van der Waals surface area contributed by atoms with E-state index in [2.05, 4.69) is 0 Å². The summed E-state index contributed by atoms with van der Waals surface area (Å²) in [6.07, 6.45) is -4.53. The average molecular weight is 408 g/mol. The number of rotatable bonds is 3. The second-order valence-corrected chi connectivity index (χ2v) is 7.12. The Morgan fingerprint density at radius 3 is 2.34 bits per heavy atom. The SMILES string of the molecule is Cc1ccc(-n2c3c(c(=O)[nH]c2=O)[C@](NC(=O)C2CC2)(C(F)(F)F)C(=O)N3)cc1. The molecule has 0 radical (unpaired) electrons. The molecule has 4 rings (SSSR count). The zero-order valence-electron chi connectivity index (χ0n) is 15.0. The van der Waals surface area contributed by atoms with Gasteiger partial charge in [-0.25, -0.2) is 9.36 Å². The molecule has 2 aliphatic rings. The van der Waals surface area contributed by atoms with Crippen LogP contribution in [0.2, 0.25) is 0 Å². The number of carbonyl (C=O) groups is 2. The number of H-pyrrole nitrogens is 1. The van der Waals surface area contributed by atoms with Crippen molar-refractivity contribution in [1.29, 1.82) is 0 Å². The van der Waals surface area contributed by atoms with E-state index in [9.17, 15) is 32.3 Å². The van der Waals surface area contributed by atoms with Gasteiger partial charge in [0, 0.05) is 5.92 Å². The molecule has 2 amide bonds. The van der Waals surface area contributed by atoms with Crippen molar-refractivity contribution >= 4 is 17.6 Å². The van der Waals surface area contributed by atoms with E-state index in [0.717, 1.165) is 10.1 Å².